The molecule has 0 radical (unpaired) electrons. The van der Waals surface area contributed by atoms with Crippen LogP contribution in [-0.2, 0) is 0 Å². The molecule has 4 aromatic rings. The average Bonchev–Trinajstić information content (AvgIpc) is 3.17. The number of nitrogens with zero attached hydrogens (tertiary/aromatic N) is 2. The molecule has 0 fully saturated rings. The molecule has 1 heterocycles. The lowest BCUT2D eigenvalue weighted by atomic mass is 10.3. The molecule has 0 aliphatic rings. The SMILES string of the molecule is CNCCOc1ccc(-n2ccn(-c3ccc(Oc4ccccc4)cc3)c2=O)cc1. The van der Waals surface area contributed by atoms with E-state index in [1.54, 1.807) is 21.5 Å². The molecule has 1 N–H and O–H groups in total. The number of imidazole rings is 1. The molecule has 0 amide bonds. The summed E-state index contributed by atoms with van der Waals surface area (Å²) in [6.07, 6.45) is 3.51. The molecule has 0 saturated carbocycles. The number of hydrogen-bond acceptors (Lipinski definition) is 4. The largest absolute Gasteiger partial charge is 0.492 e. The van der Waals surface area contributed by atoms with Gasteiger partial charge in [0.2, 0.25) is 0 Å². The van der Waals surface area contributed by atoms with Gasteiger partial charge in [-0.1, -0.05) is 18.2 Å². The lowest BCUT2D eigenvalue weighted by molar-refractivity contribution is 0.318. The van der Waals surface area contributed by atoms with Crippen LogP contribution in [0.3, 0.4) is 0 Å². The normalized spacial score (nSPS) is 10.7. The zero-order valence-corrected chi connectivity index (χ0v) is 16.7. The maximum absolute atomic E-state index is 12.9. The molecule has 0 atom stereocenters. The average molecular weight is 401 g/mol. The van der Waals surface area contributed by atoms with E-state index >= 15 is 0 Å². The monoisotopic (exact) mass is 401 g/mol. The molecule has 0 aliphatic heterocycles. The van der Waals surface area contributed by atoms with Gasteiger partial charge in [0.05, 0.1) is 11.4 Å². The molecule has 3 aromatic carbocycles. The molecule has 30 heavy (non-hydrogen) atoms. The van der Waals surface area contributed by atoms with Crippen LogP contribution in [0.25, 0.3) is 11.4 Å². The highest BCUT2D eigenvalue weighted by molar-refractivity contribution is 5.41. The topological polar surface area (TPSA) is 57.4 Å². The van der Waals surface area contributed by atoms with E-state index in [4.69, 9.17) is 9.47 Å². The zero-order valence-electron chi connectivity index (χ0n) is 16.7. The fourth-order valence-electron chi connectivity index (χ4n) is 3.04. The van der Waals surface area contributed by atoms with E-state index in [9.17, 15) is 4.79 Å². The molecule has 6 heteroatoms. The number of rotatable bonds is 8. The Labute approximate surface area is 174 Å². The molecule has 152 valence electrons. The van der Waals surface area contributed by atoms with Crippen molar-refractivity contribution in [3.05, 3.63) is 102 Å². The van der Waals surface area contributed by atoms with Crippen LogP contribution in [0.1, 0.15) is 0 Å². The van der Waals surface area contributed by atoms with Crippen LogP contribution < -0.4 is 20.5 Å². The summed E-state index contributed by atoms with van der Waals surface area (Å²) < 4.78 is 14.6. The minimum atomic E-state index is -0.143. The van der Waals surface area contributed by atoms with Crippen molar-refractivity contribution in [1.82, 2.24) is 14.5 Å². The molecular weight excluding hydrogens is 378 g/mol. The van der Waals surface area contributed by atoms with Crippen molar-refractivity contribution >= 4 is 0 Å². The van der Waals surface area contributed by atoms with Gasteiger partial charge in [-0.15, -0.1) is 0 Å². The van der Waals surface area contributed by atoms with Crippen molar-refractivity contribution in [3.8, 4) is 28.6 Å². The Morgan fingerprint density at radius 1 is 0.733 bits per heavy atom. The van der Waals surface area contributed by atoms with E-state index in [0.29, 0.717) is 12.4 Å². The number of hydrogen-bond donors (Lipinski definition) is 1. The first-order valence-corrected chi connectivity index (χ1v) is 9.76. The Hall–Kier alpha value is -3.77. The Balaban J connectivity index is 1.49. The summed E-state index contributed by atoms with van der Waals surface area (Å²) in [5, 5.41) is 3.04. The third-order valence-corrected chi connectivity index (χ3v) is 4.61. The molecule has 0 unspecified atom stereocenters. The molecule has 0 aliphatic carbocycles. The first-order chi connectivity index (χ1) is 14.7. The smallest absolute Gasteiger partial charge is 0.337 e. The van der Waals surface area contributed by atoms with Crippen molar-refractivity contribution in [2.75, 3.05) is 20.2 Å². The molecule has 0 saturated heterocycles. The second kappa shape index (κ2) is 9.15. The summed E-state index contributed by atoms with van der Waals surface area (Å²) in [4.78, 5) is 12.9. The highest BCUT2D eigenvalue weighted by Gasteiger charge is 2.08. The van der Waals surface area contributed by atoms with Gasteiger partial charge in [-0.3, -0.25) is 9.13 Å². The summed E-state index contributed by atoms with van der Waals surface area (Å²) >= 11 is 0. The Morgan fingerprint density at radius 3 is 1.83 bits per heavy atom. The Kier molecular flexibility index (Phi) is 5.96. The standard InChI is InChI=1S/C24H23N3O3/c1-25-15-18-29-21-11-7-19(8-12-21)26-16-17-27(24(26)28)20-9-13-23(14-10-20)30-22-5-3-2-4-6-22/h2-14,16-17,25H,15,18H2,1H3. The van der Waals surface area contributed by atoms with Crippen LogP contribution in [0, 0.1) is 0 Å². The molecule has 0 bridgehead atoms. The van der Waals surface area contributed by atoms with Crippen molar-refractivity contribution in [2.45, 2.75) is 0 Å². The van der Waals surface area contributed by atoms with Crippen molar-refractivity contribution < 1.29 is 9.47 Å². The molecule has 4 rings (SSSR count). The van der Waals surface area contributed by atoms with Crippen LogP contribution in [0.15, 0.2) is 96.1 Å². The van der Waals surface area contributed by atoms with E-state index in [2.05, 4.69) is 5.32 Å². The van der Waals surface area contributed by atoms with Crippen LogP contribution in [0.4, 0.5) is 0 Å². The first kappa shape index (κ1) is 19.5. The zero-order chi connectivity index (χ0) is 20.8. The molecule has 0 spiro atoms. The second-order valence-electron chi connectivity index (χ2n) is 6.68. The van der Waals surface area contributed by atoms with E-state index < -0.39 is 0 Å². The minimum Gasteiger partial charge on any atom is -0.492 e. The van der Waals surface area contributed by atoms with E-state index in [1.807, 2.05) is 85.9 Å². The van der Waals surface area contributed by atoms with Gasteiger partial charge in [0.15, 0.2) is 0 Å². The van der Waals surface area contributed by atoms with Crippen molar-refractivity contribution in [3.63, 3.8) is 0 Å². The number of nitrogens with one attached hydrogen (secondary N) is 1. The third-order valence-electron chi connectivity index (χ3n) is 4.61. The number of likely N-dealkylation sites (N-methyl/N-ethyl adjacent to an activating group) is 1. The summed E-state index contributed by atoms with van der Waals surface area (Å²) in [5.74, 6) is 2.26. The van der Waals surface area contributed by atoms with E-state index in [1.165, 1.54) is 0 Å². The number of aromatic nitrogens is 2. The highest BCUT2D eigenvalue weighted by atomic mass is 16.5. The van der Waals surface area contributed by atoms with Gasteiger partial charge in [-0.25, -0.2) is 4.79 Å². The van der Waals surface area contributed by atoms with E-state index in [0.717, 1.165) is 29.4 Å². The van der Waals surface area contributed by atoms with Crippen molar-refractivity contribution in [2.24, 2.45) is 0 Å². The van der Waals surface area contributed by atoms with Gasteiger partial charge in [-0.2, -0.15) is 0 Å². The predicted octanol–water partition coefficient (Wildman–Crippen LogP) is 4.02. The van der Waals surface area contributed by atoms with Crippen molar-refractivity contribution in [1.29, 1.82) is 0 Å². The van der Waals surface area contributed by atoms with Gasteiger partial charge in [0, 0.05) is 18.9 Å². The highest BCUT2D eigenvalue weighted by Crippen LogP contribution is 2.22. The van der Waals surface area contributed by atoms with Gasteiger partial charge >= 0.3 is 5.69 Å². The maximum atomic E-state index is 12.9. The van der Waals surface area contributed by atoms with Gasteiger partial charge < -0.3 is 14.8 Å². The number of para-hydroxylation sites is 1. The maximum Gasteiger partial charge on any atom is 0.337 e. The van der Waals surface area contributed by atoms with Crippen LogP contribution in [0.2, 0.25) is 0 Å². The fraction of sp³-hybridized carbons (Fsp3) is 0.125. The summed E-state index contributed by atoms with van der Waals surface area (Å²) in [7, 11) is 1.88. The van der Waals surface area contributed by atoms with E-state index in [-0.39, 0.29) is 5.69 Å². The quantitative estimate of drug-likeness (QED) is 0.453. The second-order valence-corrected chi connectivity index (χ2v) is 6.68. The van der Waals surface area contributed by atoms with Gasteiger partial charge in [0.1, 0.15) is 23.9 Å². The fourth-order valence-corrected chi connectivity index (χ4v) is 3.04. The van der Waals surface area contributed by atoms with Crippen LogP contribution in [0.5, 0.6) is 17.2 Å². The van der Waals surface area contributed by atoms with Crippen LogP contribution in [-0.4, -0.2) is 29.3 Å². The number of ether oxygens (including phenoxy) is 2. The summed E-state index contributed by atoms with van der Waals surface area (Å²) in [5.41, 5.74) is 1.41. The van der Waals surface area contributed by atoms with Gasteiger partial charge in [0.25, 0.3) is 0 Å². The lowest BCUT2D eigenvalue weighted by Gasteiger charge is -2.08. The third kappa shape index (κ3) is 4.45. The molecule has 6 nitrogen and oxygen atoms in total. The first-order valence-electron chi connectivity index (χ1n) is 9.76. The van der Waals surface area contributed by atoms with Gasteiger partial charge in [-0.05, 0) is 67.7 Å². The van der Waals surface area contributed by atoms with Crippen LogP contribution >= 0.6 is 0 Å². The molecular formula is C24H23N3O3. The minimum absolute atomic E-state index is 0.143. The predicted molar refractivity (Wildman–Crippen MR) is 117 cm³/mol. The Bertz CT molecular complexity index is 1130. The summed E-state index contributed by atoms with van der Waals surface area (Å²) in [6, 6.07) is 24.5. The lowest BCUT2D eigenvalue weighted by Crippen LogP contribution is -2.21. The Morgan fingerprint density at radius 2 is 1.27 bits per heavy atom. The molecule has 1 aromatic heterocycles. The number of benzene rings is 3. The summed E-state index contributed by atoms with van der Waals surface area (Å²) in [6.45, 7) is 1.37.